The van der Waals surface area contributed by atoms with Crippen LogP contribution in [0.3, 0.4) is 0 Å². The molecule has 2 aliphatic carbocycles. The van der Waals surface area contributed by atoms with Gasteiger partial charge >= 0.3 is 7.82 Å². The topological polar surface area (TPSA) is 63.2 Å². The highest BCUT2D eigenvalue weighted by Crippen LogP contribution is 2.52. The molecular weight excluding hydrogens is 307 g/mol. The molecule has 20 heavy (non-hydrogen) atoms. The zero-order valence-corrected chi connectivity index (χ0v) is 13.2. The largest absolute Gasteiger partial charge is 0.545 e. The van der Waals surface area contributed by atoms with Crippen LogP contribution in [0.1, 0.15) is 64.2 Å². The third kappa shape index (κ3) is 5.60. The molecule has 0 heterocycles. The molecule has 118 valence electrons. The van der Waals surface area contributed by atoms with Gasteiger partial charge in [-0.2, -0.15) is 4.08 Å². The summed E-state index contributed by atoms with van der Waals surface area (Å²) in [5.41, 5.74) is 0. The van der Waals surface area contributed by atoms with Crippen molar-refractivity contribution in [2.75, 3.05) is 0 Å². The Morgan fingerprint density at radius 3 is 1.50 bits per heavy atom. The van der Waals surface area contributed by atoms with E-state index < -0.39 is 7.82 Å². The van der Waals surface area contributed by atoms with Crippen molar-refractivity contribution in [3.8, 4) is 0 Å². The molecule has 6 nitrogen and oxygen atoms in total. The molecule has 0 unspecified atom stereocenters. The Balaban J connectivity index is 1.71. The van der Waals surface area contributed by atoms with Crippen molar-refractivity contribution in [2.45, 2.75) is 76.4 Å². The Bertz CT molecular complexity index is 291. The first kappa shape index (κ1) is 16.7. The van der Waals surface area contributed by atoms with E-state index in [4.69, 9.17) is 31.0 Å². The highest BCUT2D eigenvalue weighted by molar-refractivity contribution is 7.49. The summed E-state index contributed by atoms with van der Waals surface area (Å²) in [6.07, 6.45) is 9.92. The van der Waals surface area contributed by atoms with Crippen molar-refractivity contribution in [1.29, 1.82) is 0 Å². The van der Waals surface area contributed by atoms with Gasteiger partial charge in [0.25, 0.3) is 0 Å². The van der Waals surface area contributed by atoms with Crippen LogP contribution in [-0.4, -0.2) is 12.2 Å². The minimum absolute atomic E-state index is 0.0952. The summed E-state index contributed by atoms with van der Waals surface area (Å²) in [6.45, 7) is 0. The van der Waals surface area contributed by atoms with Crippen LogP contribution in [0.5, 0.6) is 0 Å². The molecule has 0 aliphatic heterocycles. The van der Waals surface area contributed by atoms with Crippen LogP contribution < -0.4 is 0 Å². The van der Waals surface area contributed by atoms with E-state index in [0.29, 0.717) is 0 Å². The zero-order valence-electron chi connectivity index (χ0n) is 11.5. The summed E-state index contributed by atoms with van der Waals surface area (Å²) in [5.74, 6) is 0. The Labute approximate surface area is 124 Å². The van der Waals surface area contributed by atoms with Crippen LogP contribution in [0.2, 0.25) is 0 Å². The lowest BCUT2D eigenvalue weighted by molar-refractivity contribution is -0.313. The SMILES string of the molecule is O=P(OCl)(OOC1CCCCC1)OOC1CCCCC1. The molecule has 0 aromatic heterocycles. The van der Waals surface area contributed by atoms with Crippen LogP contribution in [0, 0.1) is 0 Å². The van der Waals surface area contributed by atoms with Crippen molar-refractivity contribution < 1.29 is 27.8 Å². The van der Waals surface area contributed by atoms with E-state index in [1.165, 1.54) is 12.8 Å². The van der Waals surface area contributed by atoms with Crippen LogP contribution in [-0.2, 0) is 27.8 Å². The molecule has 2 fully saturated rings. The van der Waals surface area contributed by atoms with Gasteiger partial charge in [-0.1, -0.05) is 38.5 Å². The first-order valence-corrected chi connectivity index (χ1v) is 9.09. The van der Waals surface area contributed by atoms with Gasteiger partial charge in [-0.25, -0.2) is 14.3 Å². The van der Waals surface area contributed by atoms with Gasteiger partial charge in [0.15, 0.2) is 0 Å². The lowest BCUT2D eigenvalue weighted by atomic mass is 9.98. The standard InChI is InChI=1S/C12H22ClO6P/c13-17-20(14,18-15-11-7-3-1-4-8-11)19-16-12-9-5-2-6-10-12/h11-12H,1-10H2. The summed E-state index contributed by atoms with van der Waals surface area (Å²) in [6, 6.07) is 0. The summed E-state index contributed by atoms with van der Waals surface area (Å²) >= 11 is 5.17. The van der Waals surface area contributed by atoms with Crippen molar-refractivity contribution in [3.05, 3.63) is 0 Å². The van der Waals surface area contributed by atoms with Crippen molar-refractivity contribution in [3.63, 3.8) is 0 Å². The molecule has 0 atom stereocenters. The number of hydrogen-bond donors (Lipinski definition) is 0. The third-order valence-electron chi connectivity index (χ3n) is 3.73. The maximum absolute atomic E-state index is 12.0. The Kier molecular flexibility index (Phi) is 7.25. The molecular formula is C12H22ClO6P. The number of halogens is 1. The Morgan fingerprint density at radius 2 is 1.15 bits per heavy atom. The molecule has 0 spiro atoms. The average Bonchev–Trinajstić information content (AvgIpc) is 2.53. The predicted octanol–water partition coefficient (Wildman–Crippen LogP) is 4.83. The van der Waals surface area contributed by atoms with Gasteiger partial charge in [-0.15, -0.1) is 9.35 Å². The normalized spacial score (nSPS) is 23.1. The van der Waals surface area contributed by atoms with Gasteiger partial charge in [-0.3, -0.25) is 0 Å². The van der Waals surface area contributed by atoms with Gasteiger partial charge in [0, 0.05) is 0 Å². The molecule has 2 saturated carbocycles. The molecule has 0 aromatic carbocycles. The second kappa shape index (κ2) is 8.69. The van der Waals surface area contributed by atoms with E-state index in [0.717, 1.165) is 51.4 Å². The van der Waals surface area contributed by atoms with E-state index in [-0.39, 0.29) is 12.2 Å². The van der Waals surface area contributed by atoms with Gasteiger partial charge in [0.05, 0.1) is 24.1 Å². The molecule has 2 rings (SSSR count). The minimum atomic E-state index is -4.01. The van der Waals surface area contributed by atoms with Crippen molar-refractivity contribution in [1.82, 2.24) is 0 Å². The van der Waals surface area contributed by atoms with Gasteiger partial charge in [0.1, 0.15) is 0 Å². The smallest absolute Gasteiger partial charge is 0.223 e. The molecule has 0 aromatic rings. The second-order valence-corrected chi connectivity index (χ2v) is 7.12. The van der Waals surface area contributed by atoms with E-state index in [9.17, 15) is 4.57 Å². The molecule has 0 amide bonds. The summed E-state index contributed by atoms with van der Waals surface area (Å²) in [7, 11) is -4.01. The lowest BCUT2D eigenvalue weighted by Gasteiger charge is -2.23. The van der Waals surface area contributed by atoms with Crippen molar-refractivity contribution in [2.24, 2.45) is 0 Å². The van der Waals surface area contributed by atoms with Crippen LogP contribution >= 0.6 is 19.7 Å². The lowest BCUT2D eigenvalue weighted by Crippen LogP contribution is -2.18. The molecule has 2 aliphatic rings. The first-order valence-electron chi connectivity index (χ1n) is 7.32. The van der Waals surface area contributed by atoms with Crippen LogP contribution in [0.25, 0.3) is 0 Å². The number of phosphoric acid groups is 1. The Hall–Kier alpha value is 0.320. The fraction of sp³-hybridized carbons (Fsp3) is 1.00. The molecule has 0 N–H and O–H groups in total. The summed E-state index contributed by atoms with van der Waals surface area (Å²) < 4.78 is 25.8. The second-order valence-electron chi connectivity index (χ2n) is 5.38. The molecule has 8 heteroatoms. The number of rotatable bonds is 7. The van der Waals surface area contributed by atoms with E-state index >= 15 is 0 Å². The zero-order chi connectivity index (χ0) is 14.3. The van der Waals surface area contributed by atoms with E-state index in [1.54, 1.807) is 0 Å². The number of hydrogen-bond acceptors (Lipinski definition) is 6. The average molecular weight is 329 g/mol. The van der Waals surface area contributed by atoms with Crippen LogP contribution in [0.15, 0.2) is 0 Å². The predicted molar refractivity (Wildman–Crippen MR) is 72.6 cm³/mol. The summed E-state index contributed by atoms with van der Waals surface area (Å²) in [4.78, 5) is 10.2. The maximum atomic E-state index is 12.0. The molecule has 0 saturated heterocycles. The highest BCUT2D eigenvalue weighted by Gasteiger charge is 2.34. The minimum Gasteiger partial charge on any atom is -0.223 e. The van der Waals surface area contributed by atoms with Crippen molar-refractivity contribution >= 4 is 19.7 Å². The van der Waals surface area contributed by atoms with E-state index in [2.05, 4.69) is 4.08 Å². The molecule has 0 radical (unpaired) electrons. The monoisotopic (exact) mass is 328 g/mol. The highest BCUT2D eigenvalue weighted by atomic mass is 35.5. The van der Waals surface area contributed by atoms with Crippen LogP contribution in [0.4, 0.5) is 0 Å². The maximum Gasteiger partial charge on any atom is 0.545 e. The summed E-state index contributed by atoms with van der Waals surface area (Å²) in [5, 5.41) is 0. The fourth-order valence-corrected chi connectivity index (χ4v) is 3.25. The van der Waals surface area contributed by atoms with Gasteiger partial charge < -0.3 is 0 Å². The Morgan fingerprint density at radius 1 is 0.750 bits per heavy atom. The first-order chi connectivity index (χ1) is 9.72. The van der Waals surface area contributed by atoms with E-state index in [1.807, 2.05) is 0 Å². The van der Waals surface area contributed by atoms with Gasteiger partial charge in [-0.05, 0) is 25.7 Å². The quantitative estimate of drug-likeness (QED) is 0.379. The fourth-order valence-electron chi connectivity index (χ4n) is 2.59. The van der Waals surface area contributed by atoms with Gasteiger partial charge in [0.2, 0.25) is 0 Å². The third-order valence-corrected chi connectivity index (χ3v) is 4.94. The molecule has 0 bridgehead atoms.